The Morgan fingerprint density at radius 2 is 0.729 bits per heavy atom. The standard InChI is InChI=1S/C67H43NO2/c1-3-14-50(15-4-1)67(51-16-5-2-6-17-51)59-21-10-7-20-57(59)66-60(67)22-13-23-61(66)68(53-38-32-47(33-39-53)49-34-40-56-54-18-8-11-24-62(54)70-65(56)43-49)52-36-30-45(31-37-52)44-26-28-46(29-27-44)48-35-41-64-58(42-48)55-19-9-12-25-63(55)69-64/h1-43H. The first-order valence-corrected chi connectivity index (χ1v) is 24.0. The molecule has 0 saturated carbocycles. The Bertz CT molecular complexity index is 4050. The molecule has 1 aliphatic rings. The number of anilines is 3. The van der Waals surface area contributed by atoms with Crippen molar-refractivity contribution in [3.05, 3.63) is 283 Å². The molecule has 0 spiro atoms. The van der Waals surface area contributed by atoms with Gasteiger partial charge in [-0.15, -0.1) is 0 Å². The molecule has 2 heterocycles. The number of fused-ring (bicyclic) bond motifs is 9. The van der Waals surface area contributed by atoms with E-state index in [0.29, 0.717) is 0 Å². The van der Waals surface area contributed by atoms with Gasteiger partial charge in [0.2, 0.25) is 0 Å². The Morgan fingerprint density at radius 1 is 0.286 bits per heavy atom. The smallest absolute Gasteiger partial charge is 0.136 e. The summed E-state index contributed by atoms with van der Waals surface area (Å²) in [4.78, 5) is 2.44. The first kappa shape index (κ1) is 39.9. The van der Waals surface area contributed by atoms with E-state index in [9.17, 15) is 0 Å². The first-order valence-electron chi connectivity index (χ1n) is 24.0. The van der Waals surface area contributed by atoms with E-state index in [-0.39, 0.29) is 0 Å². The second-order valence-electron chi connectivity index (χ2n) is 18.4. The van der Waals surface area contributed by atoms with Crippen LogP contribution in [0.3, 0.4) is 0 Å². The highest BCUT2D eigenvalue weighted by Crippen LogP contribution is 2.59. The van der Waals surface area contributed by atoms with E-state index >= 15 is 0 Å². The van der Waals surface area contributed by atoms with E-state index in [4.69, 9.17) is 8.83 Å². The van der Waals surface area contributed by atoms with Gasteiger partial charge in [0.05, 0.1) is 11.1 Å². The lowest BCUT2D eigenvalue weighted by Crippen LogP contribution is -2.28. The molecule has 11 aromatic carbocycles. The molecule has 0 saturated heterocycles. The fourth-order valence-corrected chi connectivity index (χ4v) is 11.4. The van der Waals surface area contributed by atoms with Crippen LogP contribution in [-0.2, 0) is 5.41 Å². The van der Waals surface area contributed by atoms with Crippen molar-refractivity contribution < 1.29 is 8.83 Å². The molecule has 0 amide bonds. The summed E-state index contributed by atoms with van der Waals surface area (Å²) < 4.78 is 12.4. The number of benzene rings is 11. The highest BCUT2D eigenvalue weighted by Gasteiger charge is 2.47. The minimum Gasteiger partial charge on any atom is -0.456 e. The van der Waals surface area contributed by atoms with Crippen molar-refractivity contribution in [2.75, 3.05) is 4.90 Å². The zero-order valence-corrected chi connectivity index (χ0v) is 38.1. The van der Waals surface area contributed by atoms with E-state index in [1.54, 1.807) is 0 Å². The summed E-state index contributed by atoms with van der Waals surface area (Å²) in [6, 6.07) is 94.4. The molecule has 0 bridgehead atoms. The zero-order valence-electron chi connectivity index (χ0n) is 38.1. The van der Waals surface area contributed by atoms with Gasteiger partial charge in [0.15, 0.2) is 0 Å². The van der Waals surface area contributed by atoms with Crippen molar-refractivity contribution in [2.24, 2.45) is 0 Å². The van der Waals surface area contributed by atoms with Crippen LogP contribution in [0, 0.1) is 0 Å². The lowest BCUT2D eigenvalue weighted by molar-refractivity contribution is 0.668. The van der Waals surface area contributed by atoms with Gasteiger partial charge in [0, 0.05) is 38.5 Å². The number of para-hydroxylation sites is 2. The molecule has 0 aliphatic heterocycles. The Labute approximate surface area is 405 Å². The third kappa shape index (κ3) is 6.22. The summed E-state index contributed by atoms with van der Waals surface area (Å²) in [5.74, 6) is 0. The largest absolute Gasteiger partial charge is 0.456 e. The Kier molecular flexibility index (Phi) is 9.11. The summed E-state index contributed by atoms with van der Waals surface area (Å²) in [5.41, 5.74) is 20.7. The van der Waals surface area contributed by atoms with E-state index in [0.717, 1.165) is 83.2 Å². The Morgan fingerprint density at radius 3 is 1.37 bits per heavy atom. The minimum atomic E-state index is -0.524. The van der Waals surface area contributed by atoms with Crippen molar-refractivity contribution in [1.29, 1.82) is 0 Å². The molecule has 0 unspecified atom stereocenters. The maximum Gasteiger partial charge on any atom is 0.136 e. The predicted octanol–water partition coefficient (Wildman–Crippen LogP) is 18.3. The van der Waals surface area contributed by atoms with E-state index in [1.807, 2.05) is 24.3 Å². The summed E-state index contributed by atoms with van der Waals surface area (Å²) in [7, 11) is 0. The van der Waals surface area contributed by atoms with Crippen molar-refractivity contribution in [3.8, 4) is 44.5 Å². The molecule has 70 heavy (non-hydrogen) atoms. The topological polar surface area (TPSA) is 29.5 Å². The van der Waals surface area contributed by atoms with E-state index in [1.165, 1.54) is 44.5 Å². The van der Waals surface area contributed by atoms with Crippen LogP contribution in [0.5, 0.6) is 0 Å². The number of rotatable bonds is 8. The van der Waals surface area contributed by atoms with Crippen LogP contribution >= 0.6 is 0 Å². The second kappa shape index (κ2) is 16.0. The van der Waals surface area contributed by atoms with Crippen LogP contribution in [0.2, 0.25) is 0 Å². The molecular formula is C67H43NO2. The van der Waals surface area contributed by atoms with Crippen LogP contribution in [-0.4, -0.2) is 0 Å². The van der Waals surface area contributed by atoms with Gasteiger partial charge in [-0.25, -0.2) is 0 Å². The number of hydrogen-bond donors (Lipinski definition) is 0. The SMILES string of the molecule is c1ccc(C2(c3ccccc3)c3ccccc3-c3c(N(c4ccc(-c5ccc(-c6ccc7oc8ccccc8c7c6)cc5)cc4)c4ccc(-c5ccc6c(c5)oc5ccccc56)cc4)cccc32)cc1. The third-order valence-corrected chi connectivity index (χ3v) is 14.6. The molecule has 328 valence electrons. The number of nitrogens with zero attached hydrogens (tertiary/aromatic N) is 1. The fraction of sp³-hybridized carbons (Fsp3) is 0.0149. The van der Waals surface area contributed by atoms with Gasteiger partial charge in [-0.3, -0.25) is 0 Å². The van der Waals surface area contributed by atoms with Crippen molar-refractivity contribution in [2.45, 2.75) is 5.41 Å². The van der Waals surface area contributed by atoms with Crippen molar-refractivity contribution in [3.63, 3.8) is 0 Å². The van der Waals surface area contributed by atoms with Crippen LogP contribution < -0.4 is 4.90 Å². The minimum absolute atomic E-state index is 0.524. The van der Waals surface area contributed by atoms with Crippen LogP contribution in [0.25, 0.3) is 88.4 Å². The summed E-state index contributed by atoms with van der Waals surface area (Å²) >= 11 is 0. The monoisotopic (exact) mass is 893 g/mol. The zero-order chi connectivity index (χ0) is 46.2. The molecule has 0 N–H and O–H groups in total. The third-order valence-electron chi connectivity index (χ3n) is 14.6. The molecule has 0 radical (unpaired) electrons. The molecular weight excluding hydrogens is 851 g/mol. The molecule has 0 atom stereocenters. The maximum absolute atomic E-state index is 6.32. The highest BCUT2D eigenvalue weighted by atomic mass is 16.3. The summed E-state index contributed by atoms with van der Waals surface area (Å²) in [5, 5.41) is 4.53. The normalized spacial score (nSPS) is 12.7. The van der Waals surface area contributed by atoms with Crippen molar-refractivity contribution >= 4 is 60.9 Å². The van der Waals surface area contributed by atoms with Gasteiger partial charge in [-0.2, -0.15) is 0 Å². The quantitative estimate of drug-likeness (QED) is 0.152. The van der Waals surface area contributed by atoms with Crippen molar-refractivity contribution in [1.82, 2.24) is 0 Å². The van der Waals surface area contributed by atoms with Gasteiger partial charge >= 0.3 is 0 Å². The molecule has 3 nitrogen and oxygen atoms in total. The summed E-state index contributed by atoms with van der Waals surface area (Å²) in [6.45, 7) is 0. The Hall–Kier alpha value is -9.18. The average Bonchev–Trinajstić information content (AvgIpc) is 4.10. The van der Waals surface area contributed by atoms with Gasteiger partial charge in [0.25, 0.3) is 0 Å². The highest BCUT2D eigenvalue weighted by molar-refractivity contribution is 6.07. The maximum atomic E-state index is 6.32. The van der Waals surface area contributed by atoms with Crippen LogP contribution in [0.15, 0.2) is 270 Å². The number of hydrogen-bond acceptors (Lipinski definition) is 3. The van der Waals surface area contributed by atoms with Crippen LogP contribution in [0.4, 0.5) is 17.1 Å². The molecule has 13 aromatic rings. The molecule has 0 fully saturated rings. The summed E-state index contributed by atoms with van der Waals surface area (Å²) in [6.07, 6.45) is 0. The molecule has 3 heteroatoms. The molecule has 1 aliphatic carbocycles. The van der Waals surface area contributed by atoms with E-state index < -0.39 is 5.41 Å². The fourth-order valence-electron chi connectivity index (χ4n) is 11.4. The lowest BCUT2D eigenvalue weighted by Gasteiger charge is -2.34. The van der Waals surface area contributed by atoms with Gasteiger partial charge in [0.1, 0.15) is 22.3 Å². The van der Waals surface area contributed by atoms with Crippen LogP contribution in [0.1, 0.15) is 22.3 Å². The molecule has 2 aromatic heterocycles. The average molecular weight is 894 g/mol. The predicted molar refractivity (Wildman–Crippen MR) is 289 cm³/mol. The lowest BCUT2D eigenvalue weighted by atomic mass is 9.68. The second-order valence-corrected chi connectivity index (χ2v) is 18.4. The van der Waals surface area contributed by atoms with E-state index in [2.05, 4.69) is 241 Å². The number of furan rings is 2. The van der Waals surface area contributed by atoms with Gasteiger partial charge in [-0.1, -0.05) is 194 Å². The van der Waals surface area contributed by atoms with Gasteiger partial charge < -0.3 is 13.7 Å². The van der Waals surface area contributed by atoms with Gasteiger partial charge in [-0.05, 0) is 128 Å². The molecule has 14 rings (SSSR count). The Balaban J connectivity index is 0.892. The first-order chi connectivity index (χ1) is 34.7.